The van der Waals surface area contributed by atoms with Crippen molar-refractivity contribution in [2.75, 3.05) is 11.9 Å². The first-order chi connectivity index (χ1) is 17.6. The number of nitrogens with one attached hydrogen (secondary N) is 1. The molecule has 4 aromatic rings. The molecule has 4 rings (SSSR count). The zero-order valence-corrected chi connectivity index (χ0v) is 21.5. The lowest BCUT2D eigenvalue weighted by Gasteiger charge is -2.23. The molecule has 2 heterocycles. The van der Waals surface area contributed by atoms with Crippen LogP contribution >= 0.6 is 15.9 Å². The second-order valence-electron chi connectivity index (χ2n) is 8.65. The van der Waals surface area contributed by atoms with E-state index in [9.17, 15) is 24.9 Å². The van der Waals surface area contributed by atoms with Gasteiger partial charge in [0.05, 0.1) is 24.2 Å². The number of halogens is 1. The molecule has 3 atom stereocenters. The van der Waals surface area contributed by atoms with Crippen LogP contribution in [0.2, 0.25) is 0 Å². The van der Waals surface area contributed by atoms with Crippen LogP contribution in [-0.4, -0.2) is 66.0 Å². The lowest BCUT2D eigenvalue weighted by molar-refractivity contribution is -0.0805. The Morgan fingerprint density at radius 1 is 1.08 bits per heavy atom. The van der Waals surface area contributed by atoms with Crippen LogP contribution in [0, 0.1) is 13.8 Å². The number of aryl methyl sites for hydroxylation is 2. The van der Waals surface area contributed by atoms with E-state index in [-0.39, 0.29) is 5.88 Å². The van der Waals surface area contributed by atoms with Gasteiger partial charge in [-0.2, -0.15) is 0 Å². The quantitative estimate of drug-likeness (QED) is 0.211. The van der Waals surface area contributed by atoms with Crippen molar-refractivity contribution < 1.29 is 29.7 Å². The molecule has 0 aliphatic rings. The second kappa shape index (κ2) is 10.9. The topological polar surface area (TPSA) is 171 Å². The van der Waals surface area contributed by atoms with E-state index in [4.69, 9.17) is 9.63 Å². The first-order valence-electron chi connectivity index (χ1n) is 11.3. The van der Waals surface area contributed by atoms with E-state index < -0.39 is 48.6 Å². The number of aliphatic hydroxyl groups is 4. The Morgan fingerprint density at radius 2 is 1.76 bits per heavy atom. The number of benzene rings is 2. The Morgan fingerprint density at radius 3 is 2.43 bits per heavy atom. The Bertz CT molecular complexity index is 1500. The number of carbonyl (C=O) groups excluding carboxylic acids is 1. The minimum atomic E-state index is -1.73. The van der Waals surface area contributed by atoms with Crippen molar-refractivity contribution in [1.29, 1.82) is 0 Å². The molecule has 37 heavy (non-hydrogen) atoms. The normalized spacial score (nSPS) is 13.9. The van der Waals surface area contributed by atoms with Crippen molar-refractivity contribution in [2.24, 2.45) is 0 Å². The van der Waals surface area contributed by atoms with Crippen molar-refractivity contribution in [1.82, 2.24) is 14.7 Å². The average molecular weight is 573 g/mol. The molecular formula is C25H25BrN4O7. The van der Waals surface area contributed by atoms with Gasteiger partial charge in [-0.05, 0) is 49.2 Å². The van der Waals surface area contributed by atoms with Crippen molar-refractivity contribution in [2.45, 2.75) is 38.7 Å². The van der Waals surface area contributed by atoms with Gasteiger partial charge in [0.2, 0.25) is 5.88 Å². The smallest absolute Gasteiger partial charge is 0.282 e. The highest BCUT2D eigenvalue weighted by Crippen LogP contribution is 2.24. The van der Waals surface area contributed by atoms with Gasteiger partial charge in [-0.25, -0.2) is 4.98 Å². The molecule has 0 aliphatic carbocycles. The number of nitrogens with zero attached hydrogens (tertiary/aromatic N) is 3. The molecule has 2 aromatic carbocycles. The molecule has 0 spiro atoms. The Hall–Kier alpha value is -3.42. The Labute approximate surface area is 219 Å². The predicted molar refractivity (Wildman–Crippen MR) is 138 cm³/mol. The van der Waals surface area contributed by atoms with Gasteiger partial charge in [0.15, 0.2) is 5.69 Å². The molecule has 0 fully saturated rings. The largest absolute Gasteiger partial charge is 0.394 e. The van der Waals surface area contributed by atoms with Crippen LogP contribution in [0.15, 0.2) is 56.3 Å². The summed E-state index contributed by atoms with van der Waals surface area (Å²) in [5.74, 6) is -0.861. The highest BCUT2D eigenvalue weighted by molar-refractivity contribution is 9.10. The van der Waals surface area contributed by atoms with E-state index in [0.29, 0.717) is 16.7 Å². The molecule has 12 heteroatoms. The highest BCUT2D eigenvalue weighted by atomic mass is 79.9. The van der Waals surface area contributed by atoms with E-state index >= 15 is 0 Å². The molecule has 0 aliphatic heterocycles. The molecule has 194 valence electrons. The van der Waals surface area contributed by atoms with Crippen molar-refractivity contribution in [3.63, 3.8) is 0 Å². The highest BCUT2D eigenvalue weighted by Gasteiger charge is 2.27. The summed E-state index contributed by atoms with van der Waals surface area (Å²) in [6.45, 7) is 2.43. The summed E-state index contributed by atoms with van der Waals surface area (Å²) in [4.78, 5) is 30.7. The molecule has 0 unspecified atom stereocenters. The van der Waals surface area contributed by atoms with E-state index in [1.54, 1.807) is 12.1 Å². The second-order valence-corrected chi connectivity index (χ2v) is 9.56. The molecule has 11 nitrogen and oxygen atoms in total. The van der Waals surface area contributed by atoms with Crippen molar-refractivity contribution in [3.8, 4) is 11.3 Å². The standard InChI is InChI=1S/C25H25BrN4O7/c1-12-7-17-18(8-13(12)2)30(10-19(32)23(34)20(33)11-31)25(36)22(27-17)24(35)28-21-9-16(29-37-21)14-3-5-15(26)6-4-14/h3-9,19-20,23,31-34H,10-11H2,1-2H3,(H,28,35)/t19-,20+,23-/m0/s1. The summed E-state index contributed by atoms with van der Waals surface area (Å²) < 4.78 is 7.21. The molecule has 0 radical (unpaired) electrons. The summed E-state index contributed by atoms with van der Waals surface area (Å²) in [6, 6.07) is 12.2. The summed E-state index contributed by atoms with van der Waals surface area (Å²) in [5.41, 5.74) is 2.26. The van der Waals surface area contributed by atoms with Crippen LogP contribution in [0.25, 0.3) is 22.3 Å². The number of aliphatic hydroxyl groups excluding tert-OH is 4. The maximum absolute atomic E-state index is 13.4. The predicted octanol–water partition coefficient (Wildman–Crippen LogP) is 1.76. The van der Waals surface area contributed by atoms with Gasteiger partial charge in [-0.3, -0.25) is 14.9 Å². The fourth-order valence-corrected chi connectivity index (χ4v) is 4.01. The number of anilines is 1. The Kier molecular flexibility index (Phi) is 7.85. The SMILES string of the molecule is Cc1cc2nc(C(=O)Nc3cc(-c4ccc(Br)cc4)no3)c(=O)n(C[C@H](O)[C@H](O)[C@H](O)CO)c2cc1C. The zero-order valence-electron chi connectivity index (χ0n) is 19.9. The number of fused-ring (bicyclic) bond motifs is 1. The zero-order chi connectivity index (χ0) is 26.9. The van der Waals surface area contributed by atoms with E-state index in [1.807, 2.05) is 38.1 Å². The van der Waals surface area contributed by atoms with Crippen LogP contribution in [-0.2, 0) is 6.54 Å². The monoisotopic (exact) mass is 572 g/mol. The minimum Gasteiger partial charge on any atom is -0.394 e. The number of hydrogen-bond donors (Lipinski definition) is 5. The Balaban J connectivity index is 1.70. The average Bonchev–Trinajstić information content (AvgIpc) is 3.34. The van der Waals surface area contributed by atoms with E-state index in [1.165, 1.54) is 6.07 Å². The van der Waals surface area contributed by atoms with Crippen LogP contribution in [0.4, 0.5) is 5.88 Å². The summed E-state index contributed by atoms with van der Waals surface area (Å²) >= 11 is 3.36. The molecule has 2 aromatic heterocycles. The number of aromatic nitrogens is 3. The lowest BCUT2D eigenvalue weighted by atomic mass is 10.1. The van der Waals surface area contributed by atoms with Gasteiger partial charge < -0.3 is 29.5 Å². The third-order valence-corrected chi connectivity index (χ3v) is 6.54. The third-order valence-electron chi connectivity index (χ3n) is 6.01. The first-order valence-corrected chi connectivity index (χ1v) is 12.1. The van der Waals surface area contributed by atoms with Crippen molar-refractivity contribution in [3.05, 3.63) is 74.1 Å². The fraction of sp³-hybridized carbons (Fsp3) is 0.280. The van der Waals surface area contributed by atoms with E-state index in [2.05, 4.69) is 31.4 Å². The number of carbonyl (C=O) groups is 1. The van der Waals surface area contributed by atoms with Gasteiger partial charge in [0.25, 0.3) is 11.5 Å². The summed E-state index contributed by atoms with van der Waals surface area (Å²) in [6.07, 6.45) is -4.96. The fourth-order valence-electron chi connectivity index (χ4n) is 3.75. The molecular weight excluding hydrogens is 548 g/mol. The van der Waals surface area contributed by atoms with Gasteiger partial charge in [-0.1, -0.05) is 33.2 Å². The molecule has 0 saturated heterocycles. The van der Waals surface area contributed by atoms with Gasteiger partial charge in [0.1, 0.15) is 24.0 Å². The van der Waals surface area contributed by atoms with Crippen LogP contribution in [0.5, 0.6) is 0 Å². The lowest BCUT2D eigenvalue weighted by Crippen LogP contribution is -2.44. The van der Waals surface area contributed by atoms with Gasteiger partial charge >= 0.3 is 0 Å². The number of amides is 1. The van der Waals surface area contributed by atoms with Crippen LogP contribution < -0.4 is 10.9 Å². The minimum absolute atomic E-state index is 0.00243. The molecule has 5 N–H and O–H groups in total. The molecule has 0 saturated carbocycles. The maximum atomic E-state index is 13.4. The molecule has 0 bridgehead atoms. The molecule has 1 amide bonds. The number of rotatable bonds is 8. The van der Waals surface area contributed by atoms with Crippen molar-refractivity contribution >= 4 is 38.8 Å². The van der Waals surface area contributed by atoms with Crippen LogP contribution in [0.1, 0.15) is 21.6 Å². The van der Waals surface area contributed by atoms with Gasteiger partial charge in [-0.15, -0.1) is 0 Å². The van der Waals surface area contributed by atoms with Crippen LogP contribution in [0.3, 0.4) is 0 Å². The summed E-state index contributed by atoms with van der Waals surface area (Å²) in [7, 11) is 0. The maximum Gasteiger partial charge on any atom is 0.282 e. The number of hydrogen-bond acceptors (Lipinski definition) is 9. The van der Waals surface area contributed by atoms with E-state index in [0.717, 1.165) is 25.7 Å². The first kappa shape index (κ1) is 26.6. The summed E-state index contributed by atoms with van der Waals surface area (Å²) in [5, 5.41) is 45.8. The third kappa shape index (κ3) is 5.63. The van der Waals surface area contributed by atoms with Gasteiger partial charge in [0, 0.05) is 16.1 Å².